The first-order valence-electron chi connectivity index (χ1n) is 5.36. The minimum Gasteiger partial charge on any atom is -0.368 e. The van der Waals surface area contributed by atoms with E-state index in [1.165, 1.54) is 28.4 Å². The van der Waals surface area contributed by atoms with Gasteiger partial charge in [-0.2, -0.15) is 8.75 Å². The Labute approximate surface area is 99.9 Å². The second kappa shape index (κ2) is 4.61. The van der Waals surface area contributed by atoms with Crippen LogP contribution in [0.3, 0.4) is 0 Å². The zero-order valence-corrected chi connectivity index (χ0v) is 10.6. The van der Waals surface area contributed by atoms with Gasteiger partial charge in [0.2, 0.25) is 0 Å². The summed E-state index contributed by atoms with van der Waals surface area (Å²) < 4.78 is 8.65. The van der Waals surface area contributed by atoms with Crippen molar-refractivity contribution >= 4 is 17.5 Å². The van der Waals surface area contributed by atoms with Gasteiger partial charge < -0.3 is 5.32 Å². The molecule has 84 valence electrons. The highest BCUT2D eigenvalue weighted by atomic mass is 32.1. The number of hydrogen-bond donors (Lipinski definition) is 1. The largest absolute Gasteiger partial charge is 0.368 e. The van der Waals surface area contributed by atoms with E-state index in [0.29, 0.717) is 0 Å². The molecule has 0 saturated heterocycles. The first-order valence-corrected chi connectivity index (χ1v) is 6.09. The van der Waals surface area contributed by atoms with Crippen molar-refractivity contribution in [1.29, 1.82) is 0 Å². The maximum Gasteiger partial charge on any atom is 0.168 e. The Morgan fingerprint density at radius 3 is 2.81 bits per heavy atom. The van der Waals surface area contributed by atoms with Crippen molar-refractivity contribution in [3.63, 3.8) is 0 Å². The third kappa shape index (κ3) is 2.07. The molecular weight excluding hydrogens is 218 g/mol. The number of aryl methyl sites for hydroxylation is 2. The first kappa shape index (κ1) is 11.1. The number of hydrogen-bond acceptors (Lipinski definition) is 4. The summed E-state index contributed by atoms with van der Waals surface area (Å²) in [5.74, 6) is 0.890. The number of nitrogens with one attached hydrogen (secondary N) is 1. The van der Waals surface area contributed by atoms with Gasteiger partial charge in [0.05, 0.1) is 11.7 Å². The summed E-state index contributed by atoms with van der Waals surface area (Å²) in [7, 11) is 0. The van der Waals surface area contributed by atoms with Crippen LogP contribution < -0.4 is 5.32 Å². The lowest BCUT2D eigenvalue weighted by molar-refractivity contribution is 1.19. The molecule has 16 heavy (non-hydrogen) atoms. The molecule has 0 bridgehead atoms. The molecule has 0 unspecified atom stereocenters. The van der Waals surface area contributed by atoms with Crippen molar-refractivity contribution in [1.82, 2.24) is 8.75 Å². The number of anilines is 1. The third-order valence-corrected chi connectivity index (χ3v) is 3.01. The number of rotatable bonds is 3. The average Bonchev–Trinajstić information content (AvgIpc) is 2.70. The van der Waals surface area contributed by atoms with Gasteiger partial charge in [-0.15, -0.1) is 0 Å². The maximum atomic E-state index is 4.38. The Kier molecular flexibility index (Phi) is 3.19. The molecule has 0 spiro atoms. The molecule has 0 saturated carbocycles. The van der Waals surface area contributed by atoms with Crippen LogP contribution in [0.1, 0.15) is 18.1 Å². The highest BCUT2D eigenvalue weighted by Gasteiger charge is 2.11. The summed E-state index contributed by atoms with van der Waals surface area (Å²) in [6, 6.07) is 6.40. The Balaban J connectivity index is 2.49. The van der Waals surface area contributed by atoms with Crippen molar-refractivity contribution in [2.45, 2.75) is 20.8 Å². The third-order valence-electron chi connectivity index (χ3n) is 2.48. The molecule has 0 aliphatic rings. The lowest BCUT2D eigenvalue weighted by Gasteiger charge is -2.06. The number of benzene rings is 1. The van der Waals surface area contributed by atoms with E-state index in [1.807, 2.05) is 0 Å². The van der Waals surface area contributed by atoms with E-state index in [2.05, 4.69) is 53.0 Å². The normalized spacial score (nSPS) is 10.4. The van der Waals surface area contributed by atoms with Crippen molar-refractivity contribution in [2.24, 2.45) is 0 Å². The van der Waals surface area contributed by atoms with Gasteiger partial charge in [0, 0.05) is 12.1 Å². The van der Waals surface area contributed by atoms with E-state index in [9.17, 15) is 0 Å². The van der Waals surface area contributed by atoms with Crippen molar-refractivity contribution in [3.8, 4) is 11.3 Å². The Morgan fingerprint density at radius 1 is 1.25 bits per heavy atom. The van der Waals surface area contributed by atoms with E-state index in [0.717, 1.165) is 18.1 Å². The fraction of sp³-hybridized carbons (Fsp3) is 0.333. The van der Waals surface area contributed by atoms with E-state index < -0.39 is 0 Å². The predicted molar refractivity (Wildman–Crippen MR) is 69.0 cm³/mol. The van der Waals surface area contributed by atoms with Gasteiger partial charge in [-0.25, -0.2) is 0 Å². The standard InChI is InChI=1S/C12H15N3S/c1-4-13-12-11(14-16-15-12)10-7-8(2)5-6-9(10)3/h5-7H,4H2,1-3H3,(H,13,15). The SMILES string of the molecule is CCNc1nsnc1-c1cc(C)ccc1C. The van der Waals surface area contributed by atoms with Crippen molar-refractivity contribution in [3.05, 3.63) is 29.3 Å². The van der Waals surface area contributed by atoms with Crippen LogP contribution in [0.4, 0.5) is 5.82 Å². The molecule has 0 aliphatic heterocycles. The molecule has 0 fully saturated rings. The minimum atomic E-state index is 0.864. The first-order chi connectivity index (χ1) is 7.72. The van der Waals surface area contributed by atoms with E-state index in [1.54, 1.807) is 0 Å². The molecule has 2 aromatic rings. The summed E-state index contributed by atoms with van der Waals surface area (Å²) in [4.78, 5) is 0. The van der Waals surface area contributed by atoms with E-state index in [4.69, 9.17) is 0 Å². The second-order valence-corrected chi connectivity index (χ2v) is 4.34. The fourth-order valence-electron chi connectivity index (χ4n) is 1.64. The summed E-state index contributed by atoms with van der Waals surface area (Å²) >= 11 is 1.25. The van der Waals surface area contributed by atoms with Gasteiger partial charge in [-0.3, -0.25) is 0 Å². The van der Waals surface area contributed by atoms with Gasteiger partial charge in [-0.1, -0.05) is 17.7 Å². The van der Waals surface area contributed by atoms with Crippen LogP contribution >= 0.6 is 11.7 Å². The highest BCUT2D eigenvalue weighted by molar-refractivity contribution is 6.99. The molecule has 4 heteroatoms. The van der Waals surface area contributed by atoms with Crippen LogP contribution in [0, 0.1) is 13.8 Å². The average molecular weight is 233 g/mol. The molecule has 0 radical (unpaired) electrons. The molecule has 1 aromatic heterocycles. The Hall–Kier alpha value is -1.42. The smallest absolute Gasteiger partial charge is 0.168 e. The molecule has 1 heterocycles. The molecule has 0 atom stereocenters. The van der Waals surface area contributed by atoms with Crippen LogP contribution in [0.25, 0.3) is 11.3 Å². The van der Waals surface area contributed by atoms with Crippen LogP contribution in [0.2, 0.25) is 0 Å². The predicted octanol–water partition coefficient (Wildman–Crippen LogP) is 3.25. The molecule has 0 amide bonds. The van der Waals surface area contributed by atoms with Crippen molar-refractivity contribution in [2.75, 3.05) is 11.9 Å². The van der Waals surface area contributed by atoms with Crippen LogP contribution in [0.15, 0.2) is 18.2 Å². The molecule has 3 nitrogen and oxygen atoms in total. The van der Waals surface area contributed by atoms with Crippen LogP contribution in [-0.4, -0.2) is 15.3 Å². The summed E-state index contributed by atoms with van der Waals surface area (Å²) in [6.07, 6.45) is 0. The summed E-state index contributed by atoms with van der Waals surface area (Å²) in [5, 5.41) is 3.24. The minimum absolute atomic E-state index is 0.864. The zero-order valence-electron chi connectivity index (χ0n) is 9.74. The van der Waals surface area contributed by atoms with Gasteiger partial charge in [-0.05, 0) is 32.4 Å². The van der Waals surface area contributed by atoms with Gasteiger partial charge in [0.1, 0.15) is 5.69 Å². The van der Waals surface area contributed by atoms with E-state index in [-0.39, 0.29) is 0 Å². The summed E-state index contributed by atoms with van der Waals surface area (Å²) in [6.45, 7) is 7.12. The Bertz CT molecular complexity index is 491. The molecule has 2 rings (SSSR count). The molecular formula is C12H15N3S. The molecule has 0 aliphatic carbocycles. The van der Waals surface area contributed by atoms with Gasteiger partial charge in [0.25, 0.3) is 0 Å². The Morgan fingerprint density at radius 2 is 2.06 bits per heavy atom. The molecule has 1 aromatic carbocycles. The zero-order chi connectivity index (χ0) is 11.5. The topological polar surface area (TPSA) is 37.8 Å². The quantitative estimate of drug-likeness (QED) is 0.884. The number of nitrogens with zero attached hydrogens (tertiary/aromatic N) is 2. The second-order valence-electron chi connectivity index (χ2n) is 3.81. The molecule has 1 N–H and O–H groups in total. The number of aromatic nitrogens is 2. The summed E-state index contributed by atoms with van der Waals surface area (Å²) in [5.41, 5.74) is 4.62. The fourth-order valence-corrected chi connectivity index (χ4v) is 2.18. The van der Waals surface area contributed by atoms with Gasteiger partial charge in [0.15, 0.2) is 5.82 Å². The van der Waals surface area contributed by atoms with Crippen LogP contribution in [-0.2, 0) is 0 Å². The maximum absolute atomic E-state index is 4.38. The van der Waals surface area contributed by atoms with Crippen molar-refractivity contribution < 1.29 is 0 Å². The van der Waals surface area contributed by atoms with E-state index >= 15 is 0 Å². The lowest BCUT2D eigenvalue weighted by Crippen LogP contribution is -1.99. The van der Waals surface area contributed by atoms with Crippen LogP contribution in [0.5, 0.6) is 0 Å². The van der Waals surface area contributed by atoms with Gasteiger partial charge >= 0.3 is 0 Å². The highest BCUT2D eigenvalue weighted by Crippen LogP contribution is 2.29. The monoisotopic (exact) mass is 233 g/mol. The lowest BCUT2D eigenvalue weighted by atomic mass is 10.0.